The minimum atomic E-state index is -3.58. The Kier molecular flexibility index (Phi) is 5.52. The van der Waals surface area contributed by atoms with Crippen LogP contribution in [-0.2, 0) is 14.8 Å². The lowest BCUT2D eigenvalue weighted by atomic mass is 10.1. The number of nitrogens with two attached hydrogens (primary N) is 2. The Morgan fingerprint density at radius 3 is 2.50 bits per heavy atom. The zero-order chi connectivity index (χ0) is 15.3. The summed E-state index contributed by atoms with van der Waals surface area (Å²) in [4.78, 5) is 10.8. The molecule has 0 fully saturated rings. The quantitative estimate of drug-likeness (QED) is 0.510. The fraction of sp³-hybridized carbons (Fsp3) is 0.462. The Hall–Kier alpha value is -1.60. The van der Waals surface area contributed by atoms with Gasteiger partial charge >= 0.3 is 0 Å². The van der Waals surface area contributed by atoms with Crippen LogP contribution < -0.4 is 16.2 Å². The van der Waals surface area contributed by atoms with E-state index >= 15 is 0 Å². The average molecular weight is 299 g/mol. The number of hydrogen-bond acceptors (Lipinski definition) is 4. The van der Waals surface area contributed by atoms with Crippen LogP contribution >= 0.6 is 0 Å². The number of carbonyl (C=O) groups is 1. The molecule has 112 valence electrons. The van der Waals surface area contributed by atoms with Crippen LogP contribution in [0.4, 0.5) is 5.69 Å². The molecular weight excluding hydrogens is 278 g/mol. The molecule has 0 bridgehead atoms. The summed E-state index contributed by atoms with van der Waals surface area (Å²) in [6, 6.07) is 3.19. The summed E-state index contributed by atoms with van der Waals surface area (Å²) in [6.07, 6.45) is 1.38. The molecule has 0 saturated heterocycles. The number of carbonyl (C=O) groups excluding carboxylic acids is 1. The van der Waals surface area contributed by atoms with Gasteiger partial charge in [0.2, 0.25) is 15.9 Å². The van der Waals surface area contributed by atoms with Gasteiger partial charge in [0.1, 0.15) is 0 Å². The second kappa shape index (κ2) is 6.71. The van der Waals surface area contributed by atoms with Crippen molar-refractivity contribution in [3.63, 3.8) is 0 Å². The van der Waals surface area contributed by atoms with E-state index < -0.39 is 10.0 Å². The van der Waals surface area contributed by atoms with Gasteiger partial charge in [-0.3, -0.25) is 4.79 Å². The van der Waals surface area contributed by atoms with E-state index in [2.05, 4.69) is 4.72 Å². The highest BCUT2D eigenvalue weighted by Crippen LogP contribution is 2.22. The number of benzene rings is 1. The largest absolute Gasteiger partial charge is 0.399 e. The molecule has 6 nitrogen and oxygen atoms in total. The Balaban J connectivity index is 2.72. The number of aryl methyl sites for hydroxylation is 1. The van der Waals surface area contributed by atoms with Gasteiger partial charge in [0.15, 0.2) is 0 Å². The van der Waals surface area contributed by atoms with Crippen LogP contribution in [0.5, 0.6) is 0 Å². The van der Waals surface area contributed by atoms with E-state index in [0.717, 1.165) is 5.56 Å². The summed E-state index contributed by atoms with van der Waals surface area (Å²) in [5.41, 5.74) is 12.6. The normalized spacial score (nSPS) is 11.5. The highest BCUT2D eigenvalue weighted by atomic mass is 32.2. The van der Waals surface area contributed by atoms with E-state index in [0.29, 0.717) is 24.1 Å². The summed E-state index contributed by atoms with van der Waals surface area (Å²) < 4.78 is 26.9. The first kappa shape index (κ1) is 16.5. The van der Waals surface area contributed by atoms with E-state index in [9.17, 15) is 13.2 Å². The van der Waals surface area contributed by atoms with Gasteiger partial charge in [-0.05, 0) is 49.9 Å². The van der Waals surface area contributed by atoms with Crippen LogP contribution in [0.25, 0.3) is 0 Å². The monoisotopic (exact) mass is 299 g/mol. The standard InChI is InChI=1S/C13H21N3O3S/c1-9-7-11(14)8-12(10(9)2)20(18,19)16-6-4-3-5-13(15)17/h7-8,16H,3-6,14H2,1-2H3,(H2,15,17). The molecular formula is C13H21N3O3S. The maximum absolute atomic E-state index is 12.2. The second-order valence-corrected chi connectivity index (χ2v) is 6.52. The molecule has 0 heterocycles. The average Bonchev–Trinajstić information content (AvgIpc) is 2.32. The first-order valence-electron chi connectivity index (χ1n) is 6.38. The predicted molar refractivity (Wildman–Crippen MR) is 78.6 cm³/mol. The van der Waals surface area contributed by atoms with Crippen molar-refractivity contribution in [1.82, 2.24) is 4.72 Å². The van der Waals surface area contributed by atoms with Crippen LogP contribution in [0.15, 0.2) is 17.0 Å². The third-order valence-corrected chi connectivity index (χ3v) is 4.66. The summed E-state index contributed by atoms with van der Waals surface area (Å²) >= 11 is 0. The van der Waals surface area contributed by atoms with Crippen molar-refractivity contribution in [2.75, 3.05) is 12.3 Å². The number of nitrogen functional groups attached to an aromatic ring is 1. The third kappa shape index (κ3) is 4.50. The molecule has 0 aliphatic heterocycles. The van der Waals surface area contributed by atoms with Crippen molar-refractivity contribution in [3.8, 4) is 0 Å². The Bertz CT molecular complexity index is 597. The zero-order valence-corrected chi connectivity index (χ0v) is 12.6. The summed E-state index contributed by atoms with van der Waals surface area (Å²) in [5, 5.41) is 0. The second-order valence-electron chi connectivity index (χ2n) is 4.78. The van der Waals surface area contributed by atoms with Crippen molar-refractivity contribution in [3.05, 3.63) is 23.3 Å². The number of rotatable bonds is 7. The van der Waals surface area contributed by atoms with Crippen LogP contribution in [-0.4, -0.2) is 20.9 Å². The lowest BCUT2D eigenvalue weighted by Gasteiger charge is -2.12. The topological polar surface area (TPSA) is 115 Å². The Morgan fingerprint density at radius 1 is 1.25 bits per heavy atom. The summed E-state index contributed by atoms with van der Waals surface area (Å²) in [7, 11) is -3.58. The molecule has 20 heavy (non-hydrogen) atoms. The fourth-order valence-electron chi connectivity index (χ4n) is 1.84. The molecule has 0 aliphatic carbocycles. The molecule has 0 atom stereocenters. The summed E-state index contributed by atoms with van der Waals surface area (Å²) in [6.45, 7) is 3.83. The Labute approximate surface area is 119 Å². The molecule has 0 spiro atoms. The van der Waals surface area contributed by atoms with Crippen molar-refractivity contribution in [2.24, 2.45) is 5.73 Å². The SMILES string of the molecule is Cc1cc(N)cc(S(=O)(=O)NCCCCC(N)=O)c1C. The highest BCUT2D eigenvalue weighted by molar-refractivity contribution is 7.89. The van der Waals surface area contributed by atoms with E-state index in [1.54, 1.807) is 13.0 Å². The molecule has 0 unspecified atom stereocenters. The number of hydrogen-bond donors (Lipinski definition) is 3. The lowest BCUT2D eigenvalue weighted by Crippen LogP contribution is -2.26. The molecule has 0 aliphatic rings. The number of unbranched alkanes of at least 4 members (excludes halogenated alkanes) is 1. The maximum Gasteiger partial charge on any atom is 0.240 e. The fourth-order valence-corrected chi connectivity index (χ4v) is 3.27. The molecule has 1 rings (SSSR count). The number of anilines is 1. The van der Waals surface area contributed by atoms with E-state index in [-0.39, 0.29) is 23.8 Å². The van der Waals surface area contributed by atoms with Gasteiger partial charge in [-0.25, -0.2) is 13.1 Å². The van der Waals surface area contributed by atoms with Gasteiger partial charge in [0.25, 0.3) is 0 Å². The van der Waals surface area contributed by atoms with Crippen LogP contribution in [0.3, 0.4) is 0 Å². The smallest absolute Gasteiger partial charge is 0.240 e. The summed E-state index contributed by atoms with van der Waals surface area (Å²) in [5.74, 6) is -0.379. The van der Waals surface area contributed by atoms with Crippen molar-refractivity contribution in [2.45, 2.75) is 38.0 Å². The van der Waals surface area contributed by atoms with Gasteiger partial charge in [0.05, 0.1) is 4.90 Å². The molecule has 7 heteroatoms. The van der Waals surface area contributed by atoms with Crippen LogP contribution in [0.1, 0.15) is 30.4 Å². The first-order valence-corrected chi connectivity index (χ1v) is 7.87. The van der Waals surface area contributed by atoms with Gasteiger partial charge in [-0.1, -0.05) is 0 Å². The highest BCUT2D eigenvalue weighted by Gasteiger charge is 2.17. The van der Waals surface area contributed by atoms with Gasteiger partial charge in [0, 0.05) is 18.7 Å². The molecule has 1 amide bonds. The van der Waals surface area contributed by atoms with Gasteiger partial charge in [-0.2, -0.15) is 0 Å². The van der Waals surface area contributed by atoms with E-state index in [1.165, 1.54) is 6.07 Å². The molecule has 0 aromatic heterocycles. The first-order chi connectivity index (χ1) is 9.24. The molecule has 5 N–H and O–H groups in total. The molecule has 1 aromatic rings. The molecule has 0 radical (unpaired) electrons. The van der Waals surface area contributed by atoms with Crippen molar-refractivity contribution < 1.29 is 13.2 Å². The minimum Gasteiger partial charge on any atom is -0.399 e. The number of amides is 1. The predicted octanol–water partition coefficient (Wildman–Crippen LogP) is 0.820. The Morgan fingerprint density at radius 2 is 1.90 bits per heavy atom. The van der Waals surface area contributed by atoms with E-state index in [1.807, 2.05) is 6.92 Å². The third-order valence-electron chi connectivity index (χ3n) is 3.07. The number of nitrogens with one attached hydrogen (secondary N) is 1. The number of primary amides is 1. The molecule has 0 saturated carbocycles. The maximum atomic E-state index is 12.2. The van der Waals surface area contributed by atoms with E-state index in [4.69, 9.17) is 11.5 Å². The number of sulfonamides is 1. The lowest BCUT2D eigenvalue weighted by molar-refractivity contribution is -0.118. The van der Waals surface area contributed by atoms with Gasteiger partial charge in [-0.15, -0.1) is 0 Å². The van der Waals surface area contributed by atoms with Crippen molar-refractivity contribution in [1.29, 1.82) is 0 Å². The minimum absolute atomic E-state index is 0.199. The zero-order valence-electron chi connectivity index (χ0n) is 11.8. The molecule has 1 aromatic carbocycles. The van der Waals surface area contributed by atoms with Crippen LogP contribution in [0, 0.1) is 13.8 Å². The van der Waals surface area contributed by atoms with Gasteiger partial charge < -0.3 is 11.5 Å². The van der Waals surface area contributed by atoms with Crippen molar-refractivity contribution >= 4 is 21.6 Å². The van der Waals surface area contributed by atoms with Crippen LogP contribution in [0.2, 0.25) is 0 Å².